The maximum absolute atomic E-state index is 8.60. The highest BCUT2D eigenvalue weighted by atomic mass is 16.5. The SMILES string of the molecule is COc1ccc(OC)c(C(C)NCCCOCCO)c1. The molecule has 0 fully saturated rings. The van der Waals surface area contributed by atoms with Crippen molar-refractivity contribution in [3.63, 3.8) is 0 Å². The molecule has 0 bridgehead atoms. The smallest absolute Gasteiger partial charge is 0.123 e. The lowest BCUT2D eigenvalue weighted by molar-refractivity contribution is 0.0904. The van der Waals surface area contributed by atoms with E-state index in [1.54, 1.807) is 14.2 Å². The van der Waals surface area contributed by atoms with Crippen molar-refractivity contribution in [1.29, 1.82) is 0 Å². The molecule has 1 rings (SSSR count). The van der Waals surface area contributed by atoms with E-state index in [4.69, 9.17) is 19.3 Å². The van der Waals surface area contributed by atoms with Gasteiger partial charge in [-0.05, 0) is 38.1 Å². The van der Waals surface area contributed by atoms with Crippen LogP contribution in [0.3, 0.4) is 0 Å². The van der Waals surface area contributed by atoms with Crippen molar-refractivity contribution in [1.82, 2.24) is 5.32 Å². The standard InChI is InChI=1S/C15H25NO4/c1-12(16-7-4-9-20-10-8-17)14-11-13(18-2)5-6-15(14)19-3/h5-6,11-12,16-17H,4,7-10H2,1-3H3. The van der Waals surface area contributed by atoms with Crippen LogP contribution in [0.5, 0.6) is 11.5 Å². The number of benzene rings is 1. The monoisotopic (exact) mass is 283 g/mol. The second kappa shape index (κ2) is 9.58. The van der Waals surface area contributed by atoms with E-state index in [1.807, 2.05) is 18.2 Å². The Balaban J connectivity index is 2.47. The molecule has 114 valence electrons. The number of hydrogen-bond donors (Lipinski definition) is 2. The molecule has 1 aromatic rings. The number of aliphatic hydroxyl groups excluding tert-OH is 1. The van der Waals surface area contributed by atoms with Crippen LogP contribution in [0.15, 0.2) is 18.2 Å². The Hall–Kier alpha value is -1.30. The van der Waals surface area contributed by atoms with Crippen LogP contribution in [0.25, 0.3) is 0 Å². The van der Waals surface area contributed by atoms with Crippen LogP contribution in [-0.2, 0) is 4.74 Å². The molecule has 1 atom stereocenters. The molecule has 0 saturated heterocycles. The van der Waals surface area contributed by atoms with Gasteiger partial charge < -0.3 is 24.6 Å². The van der Waals surface area contributed by atoms with E-state index in [0.717, 1.165) is 30.0 Å². The van der Waals surface area contributed by atoms with Crippen molar-refractivity contribution in [2.75, 3.05) is 40.6 Å². The first-order chi connectivity index (χ1) is 9.72. The van der Waals surface area contributed by atoms with Gasteiger partial charge in [-0.1, -0.05) is 0 Å². The summed E-state index contributed by atoms with van der Waals surface area (Å²) in [5, 5.41) is 12.0. The summed E-state index contributed by atoms with van der Waals surface area (Å²) in [6.07, 6.45) is 0.899. The van der Waals surface area contributed by atoms with Crippen molar-refractivity contribution < 1.29 is 19.3 Å². The second-order valence-corrected chi connectivity index (χ2v) is 4.47. The van der Waals surface area contributed by atoms with Crippen molar-refractivity contribution in [2.45, 2.75) is 19.4 Å². The molecular formula is C15H25NO4. The van der Waals surface area contributed by atoms with Gasteiger partial charge in [-0.15, -0.1) is 0 Å². The van der Waals surface area contributed by atoms with Gasteiger partial charge in [0.2, 0.25) is 0 Å². The Morgan fingerprint density at radius 2 is 2.00 bits per heavy atom. The van der Waals surface area contributed by atoms with Gasteiger partial charge in [0.25, 0.3) is 0 Å². The lowest BCUT2D eigenvalue weighted by atomic mass is 10.1. The molecule has 0 saturated carbocycles. The summed E-state index contributed by atoms with van der Waals surface area (Å²) in [5.41, 5.74) is 1.07. The summed E-state index contributed by atoms with van der Waals surface area (Å²) in [5.74, 6) is 1.67. The third-order valence-corrected chi connectivity index (χ3v) is 3.05. The average molecular weight is 283 g/mol. The zero-order valence-electron chi connectivity index (χ0n) is 12.5. The molecule has 20 heavy (non-hydrogen) atoms. The first-order valence-electron chi connectivity index (χ1n) is 6.86. The van der Waals surface area contributed by atoms with Gasteiger partial charge in [-0.3, -0.25) is 0 Å². The third-order valence-electron chi connectivity index (χ3n) is 3.05. The van der Waals surface area contributed by atoms with Gasteiger partial charge in [-0.2, -0.15) is 0 Å². The number of ether oxygens (including phenoxy) is 3. The second-order valence-electron chi connectivity index (χ2n) is 4.47. The van der Waals surface area contributed by atoms with E-state index in [1.165, 1.54) is 0 Å². The van der Waals surface area contributed by atoms with Crippen LogP contribution in [-0.4, -0.2) is 45.7 Å². The number of nitrogens with one attached hydrogen (secondary N) is 1. The Kier molecular flexibility index (Phi) is 8.02. The molecule has 1 aromatic carbocycles. The van der Waals surface area contributed by atoms with Crippen LogP contribution in [0, 0.1) is 0 Å². The summed E-state index contributed by atoms with van der Waals surface area (Å²) in [7, 11) is 3.32. The molecule has 0 amide bonds. The van der Waals surface area contributed by atoms with Gasteiger partial charge >= 0.3 is 0 Å². The summed E-state index contributed by atoms with van der Waals surface area (Å²) >= 11 is 0. The predicted octanol–water partition coefficient (Wildman–Crippen LogP) is 1.75. The minimum Gasteiger partial charge on any atom is -0.497 e. The number of aliphatic hydroxyl groups is 1. The van der Waals surface area contributed by atoms with Gasteiger partial charge in [0.05, 0.1) is 27.4 Å². The molecule has 2 N–H and O–H groups in total. The lowest BCUT2D eigenvalue weighted by Gasteiger charge is -2.18. The zero-order chi connectivity index (χ0) is 14.8. The van der Waals surface area contributed by atoms with Crippen LogP contribution < -0.4 is 14.8 Å². The van der Waals surface area contributed by atoms with Crippen LogP contribution in [0.4, 0.5) is 0 Å². The topological polar surface area (TPSA) is 60.0 Å². The van der Waals surface area contributed by atoms with Crippen molar-refractivity contribution in [2.24, 2.45) is 0 Å². The van der Waals surface area contributed by atoms with E-state index in [-0.39, 0.29) is 12.6 Å². The van der Waals surface area contributed by atoms with Gasteiger partial charge in [0.15, 0.2) is 0 Å². The zero-order valence-corrected chi connectivity index (χ0v) is 12.5. The Morgan fingerprint density at radius 3 is 2.65 bits per heavy atom. The summed E-state index contributed by atoms with van der Waals surface area (Å²) < 4.78 is 15.8. The normalized spacial score (nSPS) is 12.2. The van der Waals surface area contributed by atoms with Crippen LogP contribution >= 0.6 is 0 Å². The molecule has 0 aromatic heterocycles. The fraction of sp³-hybridized carbons (Fsp3) is 0.600. The largest absolute Gasteiger partial charge is 0.497 e. The molecule has 0 aliphatic carbocycles. The molecule has 5 nitrogen and oxygen atoms in total. The van der Waals surface area contributed by atoms with Crippen LogP contribution in [0.2, 0.25) is 0 Å². The van der Waals surface area contributed by atoms with Gasteiger partial charge in [-0.25, -0.2) is 0 Å². The molecular weight excluding hydrogens is 258 g/mol. The van der Waals surface area contributed by atoms with Gasteiger partial charge in [0.1, 0.15) is 11.5 Å². The molecule has 0 heterocycles. The molecule has 5 heteroatoms. The Bertz CT molecular complexity index is 384. The van der Waals surface area contributed by atoms with E-state index >= 15 is 0 Å². The van der Waals surface area contributed by atoms with Gasteiger partial charge in [0, 0.05) is 18.2 Å². The first-order valence-corrected chi connectivity index (χ1v) is 6.86. The molecule has 0 radical (unpaired) electrons. The highest BCUT2D eigenvalue weighted by molar-refractivity contribution is 5.42. The maximum atomic E-state index is 8.60. The molecule has 0 spiro atoms. The summed E-state index contributed by atoms with van der Waals surface area (Å²) in [4.78, 5) is 0. The highest BCUT2D eigenvalue weighted by Crippen LogP contribution is 2.29. The first kappa shape index (κ1) is 16.8. The third kappa shape index (κ3) is 5.36. The van der Waals surface area contributed by atoms with Crippen molar-refractivity contribution in [3.05, 3.63) is 23.8 Å². The fourth-order valence-corrected chi connectivity index (χ4v) is 1.95. The van der Waals surface area contributed by atoms with E-state index in [0.29, 0.717) is 13.2 Å². The molecule has 1 unspecified atom stereocenters. The molecule has 0 aliphatic rings. The molecule has 0 aliphatic heterocycles. The van der Waals surface area contributed by atoms with E-state index in [9.17, 15) is 0 Å². The number of methoxy groups -OCH3 is 2. The fourth-order valence-electron chi connectivity index (χ4n) is 1.95. The lowest BCUT2D eigenvalue weighted by Crippen LogP contribution is -2.21. The number of hydrogen-bond acceptors (Lipinski definition) is 5. The van der Waals surface area contributed by atoms with Crippen molar-refractivity contribution in [3.8, 4) is 11.5 Å². The Labute approximate surface area is 120 Å². The maximum Gasteiger partial charge on any atom is 0.123 e. The summed E-state index contributed by atoms with van der Waals surface area (Å²) in [6, 6.07) is 5.95. The predicted molar refractivity (Wildman–Crippen MR) is 78.5 cm³/mol. The minimum atomic E-state index is 0.0742. The van der Waals surface area contributed by atoms with E-state index in [2.05, 4.69) is 12.2 Å². The summed E-state index contributed by atoms with van der Waals surface area (Å²) in [6.45, 7) is 4.05. The highest BCUT2D eigenvalue weighted by Gasteiger charge is 2.12. The minimum absolute atomic E-state index is 0.0742. The average Bonchev–Trinajstić information content (AvgIpc) is 2.49. The van der Waals surface area contributed by atoms with Crippen molar-refractivity contribution >= 4 is 0 Å². The van der Waals surface area contributed by atoms with E-state index < -0.39 is 0 Å². The quantitative estimate of drug-likeness (QED) is 0.641. The Morgan fingerprint density at radius 1 is 1.20 bits per heavy atom. The number of rotatable bonds is 10. The van der Waals surface area contributed by atoms with Crippen LogP contribution in [0.1, 0.15) is 24.9 Å².